The zero-order valence-corrected chi connectivity index (χ0v) is 12.8. The van der Waals surface area contributed by atoms with Gasteiger partial charge >= 0.3 is 5.97 Å². The minimum Gasteiger partial charge on any atom is -0.477 e. The van der Waals surface area contributed by atoms with Crippen molar-refractivity contribution in [2.75, 3.05) is 6.54 Å². The highest BCUT2D eigenvalue weighted by molar-refractivity contribution is 7.21. The van der Waals surface area contributed by atoms with Gasteiger partial charge in [-0.3, -0.25) is 4.79 Å². The second kappa shape index (κ2) is 6.69. The van der Waals surface area contributed by atoms with E-state index in [2.05, 4.69) is 10.6 Å². The van der Waals surface area contributed by atoms with Crippen molar-refractivity contribution in [2.45, 2.75) is 26.4 Å². The fourth-order valence-electron chi connectivity index (χ4n) is 2.12. The summed E-state index contributed by atoms with van der Waals surface area (Å²) in [7, 11) is 0. The molecule has 0 atom stereocenters. The molecule has 1 aromatic heterocycles. The van der Waals surface area contributed by atoms with Gasteiger partial charge in [-0.2, -0.15) is 0 Å². The largest absolute Gasteiger partial charge is 0.477 e. The first-order valence-electron chi connectivity index (χ1n) is 6.73. The first kappa shape index (κ1) is 15.5. The lowest BCUT2D eigenvalue weighted by atomic mass is 10.1. The number of aromatic carboxylic acids is 1. The van der Waals surface area contributed by atoms with Crippen molar-refractivity contribution < 1.29 is 14.7 Å². The molecule has 1 heterocycles. The number of carbonyl (C=O) groups is 2. The van der Waals surface area contributed by atoms with Crippen LogP contribution in [0.3, 0.4) is 0 Å². The van der Waals surface area contributed by atoms with Crippen LogP contribution in [-0.2, 0) is 11.3 Å². The molecule has 1 amide bonds. The SMILES string of the molecule is CC(C)NC(=O)CNCc1c(C(=O)O)sc2ccccc12. The number of hydrogen-bond acceptors (Lipinski definition) is 4. The summed E-state index contributed by atoms with van der Waals surface area (Å²) in [6, 6.07) is 7.68. The summed E-state index contributed by atoms with van der Waals surface area (Å²) in [4.78, 5) is 23.2. The van der Waals surface area contributed by atoms with Crippen LogP contribution >= 0.6 is 11.3 Å². The zero-order chi connectivity index (χ0) is 15.4. The van der Waals surface area contributed by atoms with Crippen molar-refractivity contribution >= 4 is 33.3 Å². The van der Waals surface area contributed by atoms with Crippen LogP contribution in [0.4, 0.5) is 0 Å². The molecule has 0 radical (unpaired) electrons. The second-order valence-electron chi connectivity index (χ2n) is 5.04. The lowest BCUT2D eigenvalue weighted by Gasteiger charge is -2.09. The molecule has 0 bridgehead atoms. The number of amides is 1. The Balaban J connectivity index is 2.12. The van der Waals surface area contributed by atoms with Crippen LogP contribution < -0.4 is 10.6 Å². The number of nitrogens with one attached hydrogen (secondary N) is 2. The standard InChI is InChI=1S/C15H18N2O3S/c1-9(2)17-13(18)8-16-7-11-10-5-3-4-6-12(10)21-14(11)15(19)20/h3-6,9,16H,7-8H2,1-2H3,(H,17,18)(H,19,20). The minimum atomic E-state index is -0.931. The van der Waals surface area contributed by atoms with Gasteiger partial charge in [-0.1, -0.05) is 18.2 Å². The molecule has 0 unspecified atom stereocenters. The predicted molar refractivity (Wildman–Crippen MR) is 83.8 cm³/mol. The number of thiophene rings is 1. The average molecular weight is 306 g/mol. The first-order chi connectivity index (χ1) is 9.99. The van der Waals surface area contributed by atoms with Gasteiger partial charge in [0.2, 0.25) is 5.91 Å². The molecule has 0 aliphatic carbocycles. The van der Waals surface area contributed by atoms with Crippen LogP contribution in [0, 0.1) is 0 Å². The number of fused-ring (bicyclic) bond motifs is 1. The molecule has 0 saturated carbocycles. The maximum Gasteiger partial charge on any atom is 0.346 e. The third-order valence-electron chi connectivity index (χ3n) is 2.93. The minimum absolute atomic E-state index is 0.0934. The molecule has 0 aliphatic heterocycles. The van der Waals surface area contributed by atoms with Gasteiger partial charge in [0.1, 0.15) is 4.88 Å². The zero-order valence-electron chi connectivity index (χ0n) is 12.0. The monoisotopic (exact) mass is 306 g/mol. The Kier molecular flexibility index (Phi) is 4.93. The summed E-state index contributed by atoms with van der Waals surface area (Å²) in [5, 5.41) is 16.0. The van der Waals surface area contributed by atoms with E-state index in [1.54, 1.807) is 0 Å². The van der Waals surface area contributed by atoms with Crippen molar-refractivity contribution in [3.8, 4) is 0 Å². The lowest BCUT2D eigenvalue weighted by molar-refractivity contribution is -0.120. The quantitative estimate of drug-likeness (QED) is 0.764. The molecule has 1 aromatic carbocycles. The second-order valence-corrected chi connectivity index (χ2v) is 6.09. The van der Waals surface area contributed by atoms with E-state index in [4.69, 9.17) is 0 Å². The summed E-state index contributed by atoms with van der Waals surface area (Å²) in [6.45, 7) is 4.32. The van der Waals surface area contributed by atoms with Crippen LogP contribution in [0.2, 0.25) is 0 Å². The number of carboxylic acids is 1. The summed E-state index contributed by atoms with van der Waals surface area (Å²) >= 11 is 1.26. The fourth-order valence-corrected chi connectivity index (χ4v) is 3.18. The van der Waals surface area contributed by atoms with Crippen molar-refractivity contribution in [3.05, 3.63) is 34.7 Å². The van der Waals surface area contributed by atoms with Crippen molar-refractivity contribution in [1.82, 2.24) is 10.6 Å². The van der Waals surface area contributed by atoms with Crippen molar-refractivity contribution in [3.63, 3.8) is 0 Å². The molecule has 3 N–H and O–H groups in total. The molecular formula is C15H18N2O3S. The van der Waals surface area contributed by atoms with Crippen LogP contribution in [0.15, 0.2) is 24.3 Å². The summed E-state index contributed by atoms with van der Waals surface area (Å²) in [5.74, 6) is -1.03. The number of carboxylic acid groups (broad SMARTS) is 1. The smallest absolute Gasteiger partial charge is 0.346 e. The maximum absolute atomic E-state index is 11.6. The Morgan fingerprint density at radius 1 is 1.29 bits per heavy atom. The van der Waals surface area contributed by atoms with Crippen LogP contribution in [0.5, 0.6) is 0 Å². The van der Waals surface area contributed by atoms with E-state index in [-0.39, 0.29) is 18.5 Å². The molecule has 0 saturated heterocycles. The molecule has 21 heavy (non-hydrogen) atoms. The highest BCUT2D eigenvalue weighted by atomic mass is 32.1. The molecule has 2 rings (SSSR count). The first-order valence-corrected chi connectivity index (χ1v) is 7.54. The summed E-state index contributed by atoms with van der Waals surface area (Å²) in [6.07, 6.45) is 0. The van der Waals surface area contributed by atoms with E-state index in [0.717, 1.165) is 15.6 Å². The van der Waals surface area contributed by atoms with E-state index in [1.165, 1.54) is 11.3 Å². The van der Waals surface area contributed by atoms with Crippen molar-refractivity contribution in [1.29, 1.82) is 0 Å². The Morgan fingerprint density at radius 3 is 2.67 bits per heavy atom. The van der Waals surface area contributed by atoms with Gasteiger partial charge in [0.05, 0.1) is 6.54 Å². The molecule has 0 fully saturated rings. The predicted octanol–water partition coefficient (Wildman–Crippen LogP) is 2.21. The number of carbonyl (C=O) groups excluding carboxylic acids is 1. The number of benzene rings is 1. The van der Waals surface area contributed by atoms with E-state index in [9.17, 15) is 14.7 Å². The molecule has 0 spiro atoms. The molecule has 5 nitrogen and oxygen atoms in total. The van der Waals surface area contributed by atoms with Gasteiger partial charge in [-0.15, -0.1) is 11.3 Å². The number of rotatable bonds is 6. The van der Waals surface area contributed by atoms with Gasteiger partial charge < -0.3 is 15.7 Å². The van der Waals surface area contributed by atoms with Gasteiger partial charge in [-0.05, 0) is 30.9 Å². The van der Waals surface area contributed by atoms with Gasteiger partial charge in [-0.25, -0.2) is 4.79 Å². The van der Waals surface area contributed by atoms with Gasteiger partial charge in [0, 0.05) is 17.3 Å². The van der Waals surface area contributed by atoms with E-state index in [0.29, 0.717) is 11.4 Å². The lowest BCUT2D eigenvalue weighted by Crippen LogP contribution is -2.37. The Hall–Kier alpha value is -1.92. The molecule has 2 aromatic rings. The normalized spacial score (nSPS) is 11.0. The highest BCUT2D eigenvalue weighted by Crippen LogP contribution is 2.31. The Morgan fingerprint density at radius 2 is 2.00 bits per heavy atom. The summed E-state index contributed by atoms with van der Waals surface area (Å²) in [5.41, 5.74) is 0.737. The highest BCUT2D eigenvalue weighted by Gasteiger charge is 2.17. The Bertz CT molecular complexity index is 664. The maximum atomic E-state index is 11.6. The molecular weight excluding hydrogens is 288 g/mol. The fraction of sp³-hybridized carbons (Fsp3) is 0.333. The van der Waals surface area contributed by atoms with Gasteiger partial charge in [0.25, 0.3) is 0 Å². The summed E-state index contributed by atoms with van der Waals surface area (Å²) < 4.78 is 0.943. The molecule has 6 heteroatoms. The van der Waals surface area contributed by atoms with Crippen LogP contribution in [0.25, 0.3) is 10.1 Å². The van der Waals surface area contributed by atoms with E-state index < -0.39 is 5.97 Å². The third-order valence-corrected chi connectivity index (χ3v) is 4.13. The van der Waals surface area contributed by atoms with Gasteiger partial charge in [0.15, 0.2) is 0 Å². The van der Waals surface area contributed by atoms with Crippen LogP contribution in [0.1, 0.15) is 29.1 Å². The average Bonchev–Trinajstić information content (AvgIpc) is 2.77. The van der Waals surface area contributed by atoms with Crippen LogP contribution in [-0.4, -0.2) is 29.6 Å². The van der Waals surface area contributed by atoms with E-state index >= 15 is 0 Å². The van der Waals surface area contributed by atoms with Crippen molar-refractivity contribution in [2.24, 2.45) is 0 Å². The molecule has 112 valence electrons. The number of hydrogen-bond donors (Lipinski definition) is 3. The topological polar surface area (TPSA) is 78.4 Å². The third kappa shape index (κ3) is 3.80. The molecule has 0 aliphatic rings. The van der Waals surface area contributed by atoms with E-state index in [1.807, 2.05) is 38.1 Å². The Labute approximate surface area is 127 Å².